The van der Waals surface area contributed by atoms with Crippen molar-refractivity contribution in [3.63, 3.8) is 0 Å². The second-order valence-corrected chi connectivity index (χ2v) is 4.91. The summed E-state index contributed by atoms with van der Waals surface area (Å²) in [6.45, 7) is 7.53. The normalized spacial score (nSPS) is 11.2. The van der Waals surface area contributed by atoms with E-state index in [9.17, 15) is 0 Å². The molecule has 0 atom stereocenters. The first kappa shape index (κ1) is 13.0. The monoisotopic (exact) mass is 323 g/mol. The molecule has 0 aliphatic carbocycles. The molecule has 0 bridgehead atoms. The number of furan rings is 1. The van der Waals surface area contributed by atoms with E-state index >= 15 is 0 Å². The van der Waals surface area contributed by atoms with Gasteiger partial charge in [-0.3, -0.25) is 0 Å². The third-order valence-electron chi connectivity index (χ3n) is 1.80. The molecule has 4 heteroatoms. The topological polar surface area (TPSA) is 34.4 Å². The highest BCUT2D eigenvalue weighted by Gasteiger charge is 1.98. The van der Waals surface area contributed by atoms with Crippen LogP contribution >= 0.6 is 22.6 Å². The number of halogens is 1. The van der Waals surface area contributed by atoms with E-state index in [0.717, 1.165) is 35.8 Å². The molecule has 0 aromatic carbocycles. The molecule has 0 radical (unpaired) electrons. The van der Waals surface area contributed by atoms with Crippen LogP contribution in [0.5, 0.6) is 0 Å². The zero-order valence-corrected chi connectivity index (χ0v) is 11.4. The van der Waals surface area contributed by atoms with E-state index in [1.165, 1.54) is 0 Å². The van der Waals surface area contributed by atoms with Crippen molar-refractivity contribution in [2.24, 2.45) is 5.92 Å². The highest BCUT2D eigenvalue weighted by Crippen LogP contribution is 2.09. The fraction of sp³-hybridized carbons (Fsp3) is 0.636. The standard InChI is InChI=1S/C11H18INO2/c1-9(2)8-14-6-5-13-7-10-3-4-11(12)15-10/h3-4,9,13H,5-8H2,1-2H3. The average Bonchev–Trinajstić information content (AvgIpc) is 2.57. The molecule has 0 unspecified atom stereocenters. The second kappa shape index (κ2) is 7.24. The van der Waals surface area contributed by atoms with Gasteiger partial charge in [-0.2, -0.15) is 0 Å². The Morgan fingerprint density at radius 1 is 1.47 bits per heavy atom. The average molecular weight is 323 g/mol. The van der Waals surface area contributed by atoms with Crippen molar-refractivity contribution in [3.05, 3.63) is 21.7 Å². The number of rotatable bonds is 7. The van der Waals surface area contributed by atoms with Crippen LogP contribution in [-0.2, 0) is 11.3 Å². The first-order valence-corrected chi connectivity index (χ1v) is 6.29. The fourth-order valence-electron chi connectivity index (χ4n) is 1.12. The molecule has 0 aliphatic rings. The molecule has 15 heavy (non-hydrogen) atoms. The molecular formula is C11H18INO2. The summed E-state index contributed by atoms with van der Waals surface area (Å²) in [7, 11) is 0. The summed E-state index contributed by atoms with van der Waals surface area (Å²) < 4.78 is 11.8. The van der Waals surface area contributed by atoms with Crippen LogP contribution in [-0.4, -0.2) is 19.8 Å². The van der Waals surface area contributed by atoms with Crippen molar-refractivity contribution in [1.29, 1.82) is 0 Å². The van der Waals surface area contributed by atoms with E-state index < -0.39 is 0 Å². The van der Waals surface area contributed by atoms with E-state index in [4.69, 9.17) is 9.15 Å². The maximum atomic E-state index is 5.44. The molecule has 0 amide bonds. The van der Waals surface area contributed by atoms with Gasteiger partial charge in [-0.15, -0.1) is 0 Å². The molecule has 1 aromatic heterocycles. The minimum Gasteiger partial charge on any atom is -0.454 e. The zero-order chi connectivity index (χ0) is 11.1. The molecule has 1 aromatic rings. The van der Waals surface area contributed by atoms with Crippen LogP contribution < -0.4 is 5.32 Å². The molecule has 0 spiro atoms. The molecule has 0 saturated heterocycles. The van der Waals surface area contributed by atoms with Crippen molar-refractivity contribution in [2.45, 2.75) is 20.4 Å². The lowest BCUT2D eigenvalue weighted by Gasteiger charge is -2.06. The number of ether oxygens (including phenoxy) is 1. The van der Waals surface area contributed by atoms with Gasteiger partial charge < -0.3 is 14.5 Å². The van der Waals surface area contributed by atoms with Crippen molar-refractivity contribution < 1.29 is 9.15 Å². The van der Waals surface area contributed by atoms with Crippen LogP contribution in [0.1, 0.15) is 19.6 Å². The Balaban J connectivity index is 1.98. The van der Waals surface area contributed by atoms with Crippen LogP contribution in [0.25, 0.3) is 0 Å². The maximum Gasteiger partial charge on any atom is 0.164 e. The van der Waals surface area contributed by atoms with Crippen LogP contribution in [0.3, 0.4) is 0 Å². The van der Waals surface area contributed by atoms with Gasteiger partial charge in [0.1, 0.15) is 5.76 Å². The Hall–Kier alpha value is -0.0700. The number of nitrogens with one attached hydrogen (secondary N) is 1. The van der Waals surface area contributed by atoms with Crippen molar-refractivity contribution in [1.82, 2.24) is 5.32 Å². The summed E-state index contributed by atoms with van der Waals surface area (Å²) in [6.07, 6.45) is 0. The van der Waals surface area contributed by atoms with Gasteiger partial charge in [0, 0.05) is 13.2 Å². The molecule has 86 valence electrons. The first-order chi connectivity index (χ1) is 7.18. The zero-order valence-electron chi connectivity index (χ0n) is 9.25. The van der Waals surface area contributed by atoms with Gasteiger partial charge in [0.25, 0.3) is 0 Å². The molecule has 1 heterocycles. The van der Waals surface area contributed by atoms with Gasteiger partial charge in [0.2, 0.25) is 0 Å². The minimum atomic E-state index is 0.608. The maximum absolute atomic E-state index is 5.44. The Kier molecular flexibility index (Phi) is 6.28. The van der Waals surface area contributed by atoms with Gasteiger partial charge in [-0.1, -0.05) is 13.8 Å². The number of hydrogen-bond acceptors (Lipinski definition) is 3. The summed E-state index contributed by atoms with van der Waals surface area (Å²) in [6, 6.07) is 3.95. The highest BCUT2D eigenvalue weighted by atomic mass is 127. The Bertz CT molecular complexity index is 273. The molecular weight excluding hydrogens is 305 g/mol. The molecule has 0 fully saturated rings. The van der Waals surface area contributed by atoms with Crippen molar-refractivity contribution in [2.75, 3.05) is 19.8 Å². The first-order valence-electron chi connectivity index (χ1n) is 5.21. The molecule has 0 aliphatic heterocycles. The predicted molar refractivity (Wildman–Crippen MR) is 68.8 cm³/mol. The Morgan fingerprint density at radius 3 is 2.87 bits per heavy atom. The van der Waals surface area contributed by atoms with Gasteiger partial charge in [-0.25, -0.2) is 0 Å². The van der Waals surface area contributed by atoms with Crippen LogP contribution in [0, 0.1) is 9.68 Å². The summed E-state index contributed by atoms with van der Waals surface area (Å²) in [5, 5.41) is 3.27. The van der Waals surface area contributed by atoms with Crippen LogP contribution in [0.2, 0.25) is 0 Å². The summed E-state index contributed by atoms with van der Waals surface area (Å²) >= 11 is 2.16. The lowest BCUT2D eigenvalue weighted by Crippen LogP contribution is -2.19. The minimum absolute atomic E-state index is 0.608. The molecule has 1 rings (SSSR count). The molecule has 0 saturated carbocycles. The van der Waals surface area contributed by atoms with Crippen LogP contribution in [0.4, 0.5) is 0 Å². The van der Waals surface area contributed by atoms with Gasteiger partial charge in [-0.05, 0) is 40.6 Å². The van der Waals surface area contributed by atoms with Crippen molar-refractivity contribution in [3.8, 4) is 0 Å². The van der Waals surface area contributed by atoms with Crippen LogP contribution in [0.15, 0.2) is 16.5 Å². The summed E-state index contributed by atoms with van der Waals surface area (Å²) in [5.74, 6) is 1.58. The summed E-state index contributed by atoms with van der Waals surface area (Å²) in [5.41, 5.74) is 0. The second-order valence-electron chi connectivity index (χ2n) is 3.85. The van der Waals surface area contributed by atoms with E-state index in [1.807, 2.05) is 12.1 Å². The van der Waals surface area contributed by atoms with Gasteiger partial charge in [0.05, 0.1) is 13.2 Å². The molecule has 3 nitrogen and oxygen atoms in total. The highest BCUT2D eigenvalue weighted by molar-refractivity contribution is 14.1. The van der Waals surface area contributed by atoms with Crippen molar-refractivity contribution >= 4 is 22.6 Å². The van der Waals surface area contributed by atoms with E-state index in [0.29, 0.717) is 5.92 Å². The molecule has 1 N–H and O–H groups in total. The predicted octanol–water partition coefficient (Wildman–Crippen LogP) is 2.65. The smallest absolute Gasteiger partial charge is 0.164 e. The van der Waals surface area contributed by atoms with Gasteiger partial charge in [0.15, 0.2) is 3.77 Å². The fourth-order valence-corrected chi connectivity index (χ4v) is 1.58. The van der Waals surface area contributed by atoms with E-state index in [2.05, 4.69) is 41.8 Å². The lowest BCUT2D eigenvalue weighted by molar-refractivity contribution is 0.111. The largest absolute Gasteiger partial charge is 0.454 e. The Labute approximate surface area is 105 Å². The quantitative estimate of drug-likeness (QED) is 0.619. The van der Waals surface area contributed by atoms with Gasteiger partial charge >= 0.3 is 0 Å². The SMILES string of the molecule is CC(C)COCCNCc1ccc(I)o1. The van der Waals surface area contributed by atoms with E-state index in [1.54, 1.807) is 0 Å². The lowest BCUT2D eigenvalue weighted by atomic mass is 10.2. The number of hydrogen-bond donors (Lipinski definition) is 1. The summed E-state index contributed by atoms with van der Waals surface area (Å²) in [4.78, 5) is 0. The Morgan fingerprint density at radius 2 is 2.27 bits per heavy atom. The van der Waals surface area contributed by atoms with E-state index in [-0.39, 0.29) is 0 Å². The third kappa shape index (κ3) is 6.17. The third-order valence-corrected chi connectivity index (χ3v) is 2.38.